The number of likely N-dealkylation sites (N-methyl/N-ethyl adjacent to an activating group) is 1. The molecule has 1 unspecified atom stereocenters. The molecule has 1 saturated heterocycles. The van der Waals surface area contributed by atoms with Crippen molar-refractivity contribution in [3.8, 4) is 17.0 Å². The molecule has 1 atom stereocenters. The Hall–Kier alpha value is -3.46. The number of ether oxygens (including phenoxy) is 3. The number of benzene rings is 1. The number of pyridine rings is 1. The van der Waals surface area contributed by atoms with Crippen molar-refractivity contribution in [1.29, 1.82) is 0 Å². The molecule has 9 heteroatoms. The molecule has 1 amide bonds. The van der Waals surface area contributed by atoms with Crippen molar-refractivity contribution in [2.24, 2.45) is 0 Å². The molecule has 1 fully saturated rings. The highest BCUT2D eigenvalue weighted by Crippen LogP contribution is 2.34. The third-order valence-electron chi connectivity index (χ3n) is 5.85. The first-order valence-corrected chi connectivity index (χ1v) is 12.2. The summed E-state index contributed by atoms with van der Waals surface area (Å²) < 4.78 is 33.3. The van der Waals surface area contributed by atoms with Gasteiger partial charge >= 0.3 is 6.09 Å². The molecule has 0 spiro atoms. The van der Waals surface area contributed by atoms with Gasteiger partial charge in [0.15, 0.2) is 6.23 Å². The van der Waals surface area contributed by atoms with Gasteiger partial charge in [0.25, 0.3) is 0 Å². The first-order valence-electron chi connectivity index (χ1n) is 12.2. The lowest BCUT2D eigenvalue weighted by Gasteiger charge is -2.24. The van der Waals surface area contributed by atoms with Crippen molar-refractivity contribution in [1.82, 2.24) is 19.7 Å². The Labute approximate surface area is 210 Å². The molecule has 0 saturated carbocycles. The molecule has 1 aromatic carbocycles. The zero-order valence-electron chi connectivity index (χ0n) is 21.3. The summed E-state index contributed by atoms with van der Waals surface area (Å²) in [5.41, 5.74) is 2.01. The summed E-state index contributed by atoms with van der Waals surface area (Å²) in [6.45, 7) is 10.5. The van der Waals surface area contributed by atoms with Gasteiger partial charge in [-0.1, -0.05) is 6.58 Å². The van der Waals surface area contributed by atoms with E-state index in [2.05, 4.69) is 11.6 Å². The van der Waals surface area contributed by atoms with E-state index >= 15 is 0 Å². The standard InChI is InChI=1S/C27H33FN4O4/c1-6-21-19-16-22(29-17-23(19)32(30-21)25-9-7-8-13-35-25)20-15-18(28)10-11-24(20)34-14-12-31(5)26(33)36-27(2,3)4/h6,10-11,15-17,25H,1,7-9,12-14H2,2-5H3. The second-order valence-corrected chi connectivity index (χ2v) is 9.83. The van der Waals surface area contributed by atoms with Gasteiger partial charge < -0.3 is 19.1 Å². The lowest BCUT2D eigenvalue weighted by Crippen LogP contribution is -2.36. The maximum absolute atomic E-state index is 14.3. The van der Waals surface area contributed by atoms with E-state index in [-0.39, 0.29) is 12.8 Å². The van der Waals surface area contributed by atoms with E-state index < -0.39 is 17.5 Å². The molecule has 4 rings (SSSR count). The highest BCUT2D eigenvalue weighted by molar-refractivity contribution is 5.90. The summed E-state index contributed by atoms with van der Waals surface area (Å²) in [4.78, 5) is 18.3. The molecule has 8 nitrogen and oxygen atoms in total. The van der Waals surface area contributed by atoms with Crippen LogP contribution in [0.5, 0.6) is 5.75 Å². The Bertz CT molecular complexity index is 1240. The zero-order chi connectivity index (χ0) is 25.9. The van der Waals surface area contributed by atoms with Gasteiger partial charge in [-0.15, -0.1) is 0 Å². The van der Waals surface area contributed by atoms with Crippen LogP contribution in [0.1, 0.15) is 52.0 Å². The number of halogens is 1. The molecular weight excluding hydrogens is 463 g/mol. The van der Waals surface area contributed by atoms with Crippen LogP contribution in [-0.4, -0.2) is 58.2 Å². The molecular formula is C27H33FN4O4. The van der Waals surface area contributed by atoms with Crippen LogP contribution in [0.2, 0.25) is 0 Å². The van der Waals surface area contributed by atoms with E-state index in [9.17, 15) is 9.18 Å². The second kappa shape index (κ2) is 10.7. The average molecular weight is 497 g/mol. The topological polar surface area (TPSA) is 78.7 Å². The molecule has 36 heavy (non-hydrogen) atoms. The van der Waals surface area contributed by atoms with E-state index in [0.29, 0.717) is 35.9 Å². The van der Waals surface area contributed by atoms with E-state index in [1.54, 1.807) is 25.4 Å². The SMILES string of the molecule is C=Cc1nn(C2CCCCO2)c2cnc(-c3cc(F)ccc3OCCN(C)C(=O)OC(C)(C)C)cc12. The van der Waals surface area contributed by atoms with Gasteiger partial charge in [-0.2, -0.15) is 5.10 Å². The van der Waals surface area contributed by atoms with Gasteiger partial charge in [0.1, 0.15) is 23.8 Å². The van der Waals surface area contributed by atoms with E-state index in [1.165, 1.54) is 17.0 Å². The van der Waals surface area contributed by atoms with Gasteiger partial charge in [-0.3, -0.25) is 4.98 Å². The largest absolute Gasteiger partial charge is 0.491 e. The molecule has 0 bridgehead atoms. The Morgan fingerprint density at radius 2 is 2.14 bits per heavy atom. The molecule has 0 radical (unpaired) electrons. The molecule has 1 aliphatic heterocycles. The number of amides is 1. The Kier molecular flexibility index (Phi) is 7.59. The predicted octanol–water partition coefficient (Wildman–Crippen LogP) is 5.83. The fourth-order valence-electron chi connectivity index (χ4n) is 4.05. The van der Waals surface area contributed by atoms with Gasteiger partial charge in [-0.05, 0) is 70.4 Å². The summed E-state index contributed by atoms with van der Waals surface area (Å²) in [6.07, 6.45) is 5.85. The first-order chi connectivity index (χ1) is 17.2. The Morgan fingerprint density at radius 3 is 2.83 bits per heavy atom. The maximum atomic E-state index is 14.3. The first kappa shape index (κ1) is 25.6. The zero-order valence-corrected chi connectivity index (χ0v) is 21.3. The minimum Gasteiger partial charge on any atom is -0.491 e. The lowest BCUT2D eigenvalue weighted by molar-refractivity contribution is -0.0367. The number of nitrogens with zero attached hydrogens (tertiary/aromatic N) is 4. The number of fused-ring (bicyclic) bond motifs is 1. The molecule has 3 aromatic rings. The smallest absolute Gasteiger partial charge is 0.410 e. The average Bonchev–Trinajstić information content (AvgIpc) is 3.22. The monoisotopic (exact) mass is 496 g/mol. The van der Waals surface area contributed by atoms with Crippen LogP contribution in [0.15, 0.2) is 37.0 Å². The minimum atomic E-state index is -0.581. The third-order valence-corrected chi connectivity index (χ3v) is 5.85. The molecule has 2 aromatic heterocycles. The van der Waals surface area contributed by atoms with Crippen LogP contribution in [-0.2, 0) is 9.47 Å². The number of carbonyl (C=O) groups excluding carboxylic acids is 1. The van der Waals surface area contributed by atoms with E-state index in [0.717, 1.165) is 30.2 Å². The van der Waals surface area contributed by atoms with Crippen molar-refractivity contribution in [3.63, 3.8) is 0 Å². The third kappa shape index (κ3) is 5.84. The fourth-order valence-corrected chi connectivity index (χ4v) is 4.05. The molecule has 0 N–H and O–H groups in total. The van der Waals surface area contributed by atoms with Crippen LogP contribution >= 0.6 is 0 Å². The fraction of sp³-hybridized carbons (Fsp3) is 0.444. The summed E-state index contributed by atoms with van der Waals surface area (Å²) in [5.74, 6) is 0.0596. The van der Waals surface area contributed by atoms with Crippen LogP contribution in [0.3, 0.4) is 0 Å². The van der Waals surface area contributed by atoms with Crippen LogP contribution in [0.25, 0.3) is 28.2 Å². The van der Waals surface area contributed by atoms with Crippen molar-refractivity contribution < 1.29 is 23.4 Å². The summed E-state index contributed by atoms with van der Waals surface area (Å²) in [7, 11) is 1.64. The Balaban J connectivity index is 1.57. The van der Waals surface area contributed by atoms with Gasteiger partial charge in [-0.25, -0.2) is 13.9 Å². The number of aromatic nitrogens is 3. The van der Waals surface area contributed by atoms with E-state index in [1.807, 2.05) is 31.5 Å². The normalized spacial score (nSPS) is 16.1. The quantitative estimate of drug-likeness (QED) is 0.410. The van der Waals surface area contributed by atoms with Crippen molar-refractivity contribution in [3.05, 3.63) is 48.6 Å². The summed E-state index contributed by atoms with van der Waals surface area (Å²) >= 11 is 0. The molecule has 1 aliphatic rings. The summed E-state index contributed by atoms with van der Waals surface area (Å²) in [5, 5.41) is 5.55. The van der Waals surface area contributed by atoms with Crippen molar-refractivity contribution in [2.75, 3.05) is 26.8 Å². The van der Waals surface area contributed by atoms with Crippen LogP contribution in [0, 0.1) is 5.82 Å². The highest BCUT2D eigenvalue weighted by atomic mass is 19.1. The number of hydrogen-bond donors (Lipinski definition) is 0. The van der Waals surface area contributed by atoms with Gasteiger partial charge in [0, 0.05) is 24.6 Å². The minimum absolute atomic E-state index is 0.141. The number of hydrogen-bond acceptors (Lipinski definition) is 6. The molecule has 192 valence electrons. The van der Waals surface area contributed by atoms with E-state index in [4.69, 9.17) is 19.3 Å². The van der Waals surface area contributed by atoms with Crippen LogP contribution < -0.4 is 4.74 Å². The second-order valence-electron chi connectivity index (χ2n) is 9.83. The number of carbonyl (C=O) groups is 1. The van der Waals surface area contributed by atoms with Crippen molar-refractivity contribution >= 4 is 23.1 Å². The lowest BCUT2D eigenvalue weighted by atomic mass is 10.1. The van der Waals surface area contributed by atoms with Crippen LogP contribution in [0.4, 0.5) is 9.18 Å². The summed E-state index contributed by atoms with van der Waals surface area (Å²) in [6, 6.07) is 6.16. The predicted molar refractivity (Wildman–Crippen MR) is 136 cm³/mol. The molecule has 3 heterocycles. The van der Waals surface area contributed by atoms with Gasteiger partial charge in [0.05, 0.1) is 29.6 Å². The van der Waals surface area contributed by atoms with Crippen molar-refractivity contribution in [2.45, 2.75) is 51.9 Å². The number of rotatable bonds is 7. The maximum Gasteiger partial charge on any atom is 0.410 e. The van der Waals surface area contributed by atoms with Gasteiger partial charge in [0.2, 0.25) is 0 Å². The highest BCUT2D eigenvalue weighted by Gasteiger charge is 2.22. The molecule has 0 aliphatic carbocycles. The Morgan fingerprint density at radius 1 is 1.33 bits per heavy atom.